The van der Waals surface area contributed by atoms with Gasteiger partial charge in [-0.15, -0.1) is 11.3 Å². The highest BCUT2D eigenvalue weighted by molar-refractivity contribution is 7.12. The largest absolute Gasteiger partial charge is 0.496 e. The Hall–Kier alpha value is -2.37. The minimum Gasteiger partial charge on any atom is -0.496 e. The molecule has 0 unspecified atom stereocenters. The number of nitrogens with zero attached hydrogens (tertiary/aromatic N) is 2. The molecule has 0 bridgehead atoms. The maximum absolute atomic E-state index is 12.5. The number of methoxy groups -OCH3 is 1. The normalized spacial score (nSPS) is 11.4. The van der Waals surface area contributed by atoms with Crippen LogP contribution in [0.4, 0.5) is 0 Å². The van der Waals surface area contributed by atoms with Crippen LogP contribution >= 0.6 is 22.9 Å². The van der Waals surface area contributed by atoms with Crippen LogP contribution in [0.25, 0.3) is 6.08 Å². The smallest absolute Gasteiger partial charge is 0.186 e. The number of ketones is 1. The predicted octanol–water partition coefficient (Wildman–Crippen LogP) is 5.78. The summed E-state index contributed by atoms with van der Waals surface area (Å²) < 4.78 is 7.37. The Morgan fingerprint density at radius 1 is 1.25 bits per heavy atom. The highest BCUT2D eigenvalue weighted by Gasteiger charge is 2.13. The number of aryl methyl sites for hydroxylation is 3. The van der Waals surface area contributed by atoms with Crippen LogP contribution in [0.1, 0.15) is 42.6 Å². The average Bonchev–Trinajstić information content (AvgIpc) is 3.13. The number of halogens is 1. The molecule has 0 radical (unpaired) electrons. The lowest BCUT2D eigenvalue weighted by Crippen LogP contribution is -2.06. The van der Waals surface area contributed by atoms with E-state index in [1.54, 1.807) is 24.5 Å². The summed E-state index contributed by atoms with van der Waals surface area (Å²) in [7, 11) is 1.65. The molecule has 0 aliphatic carbocycles. The van der Waals surface area contributed by atoms with Gasteiger partial charge in [0.25, 0.3) is 0 Å². The van der Waals surface area contributed by atoms with E-state index >= 15 is 0 Å². The van der Waals surface area contributed by atoms with Crippen molar-refractivity contribution in [1.29, 1.82) is 0 Å². The van der Waals surface area contributed by atoms with E-state index in [9.17, 15) is 4.79 Å². The molecule has 0 aliphatic rings. The van der Waals surface area contributed by atoms with Crippen molar-refractivity contribution in [3.63, 3.8) is 0 Å². The molecule has 0 atom stereocenters. The fourth-order valence-electron chi connectivity index (χ4n) is 3.15. The molecule has 4 nitrogen and oxygen atoms in total. The van der Waals surface area contributed by atoms with E-state index in [2.05, 4.69) is 5.10 Å². The summed E-state index contributed by atoms with van der Waals surface area (Å²) >= 11 is 7.90. The number of ether oxygens (including phenoxy) is 1. The van der Waals surface area contributed by atoms with Gasteiger partial charge in [-0.2, -0.15) is 5.10 Å². The summed E-state index contributed by atoms with van der Waals surface area (Å²) in [5.74, 6) is 0.793. The molecule has 146 valence electrons. The van der Waals surface area contributed by atoms with E-state index in [-0.39, 0.29) is 5.78 Å². The van der Waals surface area contributed by atoms with Crippen LogP contribution in [0, 0.1) is 27.7 Å². The molecular formula is C22H23ClN2O2S. The van der Waals surface area contributed by atoms with Gasteiger partial charge in [-0.25, -0.2) is 0 Å². The van der Waals surface area contributed by atoms with Crippen molar-refractivity contribution in [3.8, 4) is 5.75 Å². The van der Waals surface area contributed by atoms with Gasteiger partial charge in [0.15, 0.2) is 5.78 Å². The maximum atomic E-state index is 12.5. The Morgan fingerprint density at radius 2 is 2.00 bits per heavy atom. The van der Waals surface area contributed by atoms with Gasteiger partial charge in [0.05, 0.1) is 30.1 Å². The molecule has 6 heteroatoms. The molecule has 3 rings (SSSR count). The SMILES string of the molecule is COc1ccc(/C=C/C(=O)c2cc(C)sc2C)cc1Cn1nc(C)c(Cl)c1C. The first kappa shape index (κ1) is 20.4. The number of hydrogen-bond donors (Lipinski definition) is 0. The lowest BCUT2D eigenvalue weighted by atomic mass is 10.1. The molecule has 0 aliphatic heterocycles. The van der Waals surface area contributed by atoms with Crippen molar-refractivity contribution in [2.75, 3.05) is 7.11 Å². The molecule has 0 N–H and O–H groups in total. The summed E-state index contributed by atoms with van der Waals surface area (Å²) in [4.78, 5) is 14.7. The summed E-state index contributed by atoms with van der Waals surface area (Å²) in [6.07, 6.45) is 3.46. The van der Waals surface area contributed by atoms with E-state index in [1.807, 2.05) is 62.7 Å². The van der Waals surface area contributed by atoms with Crippen molar-refractivity contribution in [3.05, 3.63) is 73.2 Å². The van der Waals surface area contributed by atoms with Crippen LogP contribution in [-0.2, 0) is 6.54 Å². The monoisotopic (exact) mass is 414 g/mol. The van der Waals surface area contributed by atoms with Crippen molar-refractivity contribution >= 4 is 34.8 Å². The first-order valence-corrected chi connectivity index (χ1v) is 10.2. The van der Waals surface area contributed by atoms with Crippen LogP contribution in [0.5, 0.6) is 5.75 Å². The van der Waals surface area contributed by atoms with E-state index in [1.165, 1.54) is 0 Å². The zero-order chi connectivity index (χ0) is 20.4. The first-order valence-electron chi connectivity index (χ1n) is 8.96. The topological polar surface area (TPSA) is 44.1 Å². The molecule has 28 heavy (non-hydrogen) atoms. The molecule has 0 amide bonds. The lowest BCUT2D eigenvalue weighted by molar-refractivity contribution is 0.104. The van der Waals surface area contributed by atoms with Gasteiger partial charge in [-0.3, -0.25) is 9.48 Å². The van der Waals surface area contributed by atoms with E-state index in [4.69, 9.17) is 16.3 Å². The van der Waals surface area contributed by atoms with Crippen molar-refractivity contribution in [1.82, 2.24) is 9.78 Å². The molecule has 2 heterocycles. The van der Waals surface area contributed by atoms with E-state index < -0.39 is 0 Å². The Labute approximate surface area is 174 Å². The Bertz CT molecular complexity index is 1060. The number of rotatable bonds is 6. The third kappa shape index (κ3) is 4.21. The third-order valence-electron chi connectivity index (χ3n) is 4.65. The number of aromatic nitrogens is 2. The highest BCUT2D eigenvalue weighted by atomic mass is 35.5. The second-order valence-corrected chi connectivity index (χ2v) is 8.58. The number of carbonyl (C=O) groups excluding carboxylic acids is 1. The van der Waals surface area contributed by atoms with E-state index in [0.717, 1.165) is 43.6 Å². The van der Waals surface area contributed by atoms with Gasteiger partial charge in [-0.1, -0.05) is 23.7 Å². The number of thiophene rings is 1. The lowest BCUT2D eigenvalue weighted by Gasteiger charge is -2.11. The molecule has 0 saturated heterocycles. The fourth-order valence-corrected chi connectivity index (χ4v) is 4.22. The molecule has 2 aromatic heterocycles. The summed E-state index contributed by atoms with van der Waals surface area (Å²) in [5.41, 5.74) is 4.40. The average molecular weight is 415 g/mol. The Balaban J connectivity index is 1.87. The van der Waals surface area contributed by atoms with Gasteiger partial charge in [-0.05, 0) is 57.5 Å². The zero-order valence-electron chi connectivity index (χ0n) is 16.7. The van der Waals surface area contributed by atoms with Gasteiger partial charge in [0.2, 0.25) is 0 Å². The highest BCUT2D eigenvalue weighted by Crippen LogP contribution is 2.26. The number of allylic oxidation sites excluding steroid dienone is 1. The quantitative estimate of drug-likeness (QED) is 0.379. The van der Waals surface area contributed by atoms with Crippen LogP contribution < -0.4 is 4.74 Å². The Morgan fingerprint density at radius 3 is 2.57 bits per heavy atom. The predicted molar refractivity (Wildman–Crippen MR) is 116 cm³/mol. The van der Waals surface area contributed by atoms with E-state index in [0.29, 0.717) is 11.6 Å². The minimum atomic E-state index is 0.0181. The zero-order valence-corrected chi connectivity index (χ0v) is 18.2. The number of carbonyl (C=O) groups is 1. The maximum Gasteiger partial charge on any atom is 0.186 e. The van der Waals surface area contributed by atoms with Gasteiger partial charge in [0, 0.05) is 20.9 Å². The van der Waals surface area contributed by atoms with Crippen molar-refractivity contribution in [2.45, 2.75) is 34.2 Å². The standard InChI is InChI=1S/C22H23ClN2O2S/c1-13-10-19(16(4)28-13)20(26)8-6-17-7-9-21(27-5)18(11-17)12-25-15(3)22(23)14(2)24-25/h6-11H,12H2,1-5H3/b8-6+. The summed E-state index contributed by atoms with van der Waals surface area (Å²) in [5, 5.41) is 5.18. The molecule has 1 aromatic carbocycles. The van der Waals surface area contributed by atoms with Crippen LogP contribution in [-0.4, -0.2) is 22.7 Å². The van der Waals surface area contributed by atoms with Gasteiger partial charge >= 0.3 is 0 Å². The molecule has 0 spiro atoms. The van der Waals surface area contributed by atoms with Crippen LogP contribution in [0.3, 0.4) is 0 Å². The van der Waals surface area contributed by atoms with Gasteiger partial charge < -0.3 is 4.74 Å². The summed E-state index contributed by atoms with van der Waals surface area (Å²) in [6.45, 7) is 8.37. The fraction of sp³-hybridized carbons (Fsp3) is 0.273. The number of benzene rings is 1. The molecule has 3 aromatic rings. The summed E-state index contributed by atoms with van der Waals surface area (Å²) in [6, 6.07) is 7.80. The molecule has 0 saturated carbocycles. The van der Waals surface area contributed by atoms with Crippen LogP contribution in [0.15, 0.2) is 30.3 Å². The van der Waals surface area contributed by atoms with Crippen LogP contribution in [0.2, 0.25) is 5.02 Å². The minimum absolute atomic E-state index is 0.0181. The third-order valence-corrected chi connectivity index (χ3v) is 6.16. The number of hydrogen-bond acceptors (Lipinski definition) is 4. The molecular weight excluding hydrogens is 392 g/mol. The molecule has 0 fully saturated rings. The van der Waals surface area contributed by atoms with Gasteiger partial charge in [0.1, 0.15) is 5.75 Å². The first-order chi connectivity index (χ1) is 13.3. The van der Waals surface area contributed by atoms with Crippen molar-refractivity contribution < 1.29 is 9.53 Å². The second kappa shape index (κ2) is 8.33. The Kier molecular flexibility index (Phi) is 6.06. The second-order valence-electron chi connectivity index (χ2n) is 6.74. The van der Waals surface area contributed by atoms with Crippen molar-refractivity contribution in [2.24, 2.45) is 0 Å².